The first kappa shape index (κ1) is 11.0. The molecule has 0 aliphatic carbocycles. The Balaban J connectivity index is 2.46. The van der Waals surface area contributed by atoms with Crippen molar-refractivity contribution in [3.8, 4) is 0 Å². The summed E-state index contributed by atoms with van der Waals surface area (Å²) < 4.78 is 0.823. The van der Waals surface area contributed by atoms with Crippen LogP contribution in [0.1, 0.15) is 21.5 Å². The van der Waals surface area contributed by atoms with Crippen LogP contribution >= 0.6 is 15.9 Å². The molecule has 0 radical (unpaired) electrons. The fourth-order valence-corrected chi connectivity index (χ4v) is 1.84. The van der Waals surface area contributed by atoms with E-state index in [1.165, 1.54) is 18.7 Å². The molecule has 2 rings (SSSR count). The third-order valence-electron chi connectivity index (χ3n) is 2.26. The highest BCUT2D eigenvalue weighted by Crippen LogP contribution is 2.23. The number of aryl methyl sites for hydroxylation is 1. The van der Waals surface area contributed by atoms with E-state index in [-0.39, 0.29) is 5.78 Å². The summed E-state index contributed by atoms with van der Waals surface area (Å²) in [5.41, 5.74) is 2.16. The molecule has 1 heterocycles. The SMILES string of the molecule is Cc1cccc(C(=O)c2cncnc2)c1Br. The predicted molar refractivity (Wildman–Crippen MR) is 64.3 cm³/mol. The fraction of sp³-hybridized carbons (Fsp3) is 0.0833. The van der Waals surface area contributed by atoms with Gasteiger partial charge in [-0.05, 0) is 34.5 Å². The van der Waals surface area contributed by atoms with Crippen molar-refractivity contribution in [2.24, 2.45) is 0 Å². The van der Waals surface area contributed by atoms with E-state index in [1.54, 1.807) is 6.07 Å². The first-order valence-electron chi connectivity index (χ1n) is 4.75. The minimum atomic E-state index is -0.0730. The Labute approximate surface area is 102 Å². The van der Waals surface area contributed by atoms with Crippen LogP contribution in [-0.2, 0) is 0 Å². The van der Waals surface area contributed by atoms with Crippen molar-refractivity contribution in [1.82, 2.24) is 9.97 Å². The van der Waals surface area contributed by atoms with Gasteiger partial charge in [-0.15, -0.1) is 0 Å². The van der Waals surface area contributed by atoms with E-state index in [0.29, 0.717) is 11.1 Å². The van der Waals surface area contributed by atoms with Gasteiger partial charge in [-0.3, -0.25) is 4.79 Å². The fourth-order valence-electron chi connectivity index (χ4n) is 1.39. The number of rotatable bonds is 2. The van der Waals surface area contributed by atoms with E-state index in [2.05, 4.69) is 25.9 Å². The molecule has 0 unspecified atom stereocenters. The third kappa shape index (κ3) is 2.02. The summed E-state index contributed by atoms with van der Waals surface area (Å²) >= 11 is 3.42. The lowest BCUT2D eigenvalue weighted by molar-refractivity contribution is 0.103. The van der Waals surface area contributed by atoms with Crippen molar-refractivity contribution >= 4 is 21.7 Å². The quantitative estimate of drug-likeness (QED) is 0.793. The van der Waals surface area contributed by atoms with Crippen LogP contribution in [0.5, 0.6) is 0 Å². The van der Waals surface area contributed by atoms with Gasteiger partial charge in [0.25, 0.3) is 0 Å². The summed E-state index contributed by atoms with van der Waals surface area (Å²) in [5.74, 6) is -0.0730. The highest BCUT2D eigenvalue weighted by atomic mass is 79.9. The largest absolute Gasteiger partial charge is 0.288 e. The molecule has 0 saturated carbocycles. The van der Waals surface area contributed by atoms with Gasteiger partial charge in [-0.1, -0.05) is 12.1 Å². The summed E-state index contributed by atoms with van der Waals surface area (Å²) in [4.78, 5) is 19.8. The van der Waals surface area contributed by atoms with Crippen LogP contribution in [0.3, 0.4) is 0 Å². The van der Waals surface area contributed by atoms with Crippen molar-refractivity contribution < 1.29 is 4.79 Å². The molecule has 1 aromatic carbocycles. The van der Waals surface area contributed by atoms with Crippen LogP contribution in [0.2, 0.25) is 0 Å². The van der Waals surface area contributed by atoms with Gasteiger partial charge in [-0.2, -0.15) is 0 Å². The molecule has 2 aromatic rings. The smallest absolute Gasteiger partial charge is 0.197 e. The van der Waals surface area contributed by atoms with Crippen LogP contribution in [0, 0.1) is 6.92 Å². The molecule has 0 atom stereocenters. The minimum Gasteiger partial charge on any atom is -0.288 e. The molecule has 0 bridgehead atoms. The topological polar surface area (TPSA) is 42.9 Å². The first-order valence-corrected chi connectivity index (χ1v) is 5.54. The number of hydrogen-bond acceptors (Lipinski definition) is 3. The summed E-state index contributed by atoms with van der Waals surface area (Å²) in [6.45, 7) is 1.95. The standard InChI is InChI=1S/C12H9BrN2O/c1-8-3-2-4-10(11(8)13)12(16)9-5-14-7-15-6-9/h2-7H,1H3. The number of carbonyl (C=O) groups is 1. The van der Waals surface area contributed by atoms with Crippen molar-refractivity contribution in [3.05, 3.63) is 58.1 Å². The minimum absolute atomic E-state index is 0.0730. The van der Waals surface area contributed by atoms with E-state index in [1.807, 2.05) is 19.1 Å². The molecule has 0 aliphatic heterocycles. The number of nitrogens with zero attached hydrogens (tertiary/aromatic N) is 2. The summed E-state index contributed by atoms with van der Waals surface area (Å²) in [6, 6.07) is 5.59. The molecular formula is C12H9BrN2O. The molecule has 0 saturated heterocycles. The average molecular weight is 277 g/mol. The van der Waals surface area contributed by atoms with Crippen LogP contribution < -0.4 is 0 Å². The zero-order chi connectivity index (χ0) is 11.5. The molecule has 1 aromatic heterocycles. The van der Waals surface area contributed by atoms with Crippen molar-refractivity contribution in [2.45, 2.75) is 6.92 Å². The van der Waals surface area contributed by atoms with Crippen molar-refractivity contribution in [1.29, 1.82) is 0 Å². The normalized spacial score (nSPS) is 10.1. The lowest BCUT2D eigenvalue weighted by Crippen LogP contribution is -2.04. The Bertz CT molecular complexity index is 526. The molecule has 4 heteroatoms. The number of ketones is 1. The van der Waals surface area contributed by atoms with Gasteiger partial charge < -0.3 is 0 Å². The van der Waals surface area contributed by atoms with Crippen molar-refractivity contribution in [2.75, 3.05) is 0 Å². The Morgan fingerprint density at radius 3 is 2.62 bits per heavy atom. The Morgan fingerprint density at radius 2 is 1.94 bits per heavy atom. The second kappa shape index (κ2) is 4.53. The van der Waals surface area contributed by atoms with E-state index in [4.69, 9.17) is 0 Å². The lowest BCUT2D eigenvalue weighted by Gasteiger charge is -2.05. The number of carbonyl (C=O) groups excluding carboxylic acids is 1. The van der Waals surface area contributed by atoms with E-state index in [9.17, 15) is 4.79 Å². The molecule has 0 N–H and O–H groups in total. The summed E-state index contributed by atoms with van der Waals surface area (Å²) in [6.07, 6.45) is 4.44. The van der Waals surface area contributed by atoms with E-state index in [0.717, 1.165) is 10.0 Å². The summed E-state index contributed by atoms with van der Waals surface area (Å²) in [5, 5.41) is 0. The highest BCUT2D eigenvalue weighted by molar-refractivity contribution is 9.10. The van der Waals surface area contributed by atoms with Gasteiger partial charge >= 0.3 is 0 Å². The van der Waals surface area contributed by atoms with Crippen molar-refractivity contribution in [3.63, 3.8) is 0 Å². The van der Waals surface area contributed by atoms with Gasteiger partial charge in [0.15, 0.2) is 5.78 Å². The molecule has 0 spiro atoms. The Hall–Kier alpha value is -1.55. The monoisotopic (exact) mass is 276 g/mol. The molecule has 0 amide bonds. The highest BCUT2D eigenvalue weighted by Gasteiger charge is 2.13. The zero-order valence-electron chi connectivity index (χ0n) is 8.64. The molecule has 16 heavy (non-hydrogen) atoms. The van der Waals surface area contributed by atoms with Crippen LogP contribution in [-0.4, -0.2) is 15.8 Å². The first-order chi connectivity index (χ1) is 7.70. The van der Waals surface area contributed by atoms with Crippen LogP contribution in [0.15, 0.2) is 41.4 Å². The predicted octanol–water partition coefficient (Wildman–Crippen LogP) is 2.78. The number of hydrogen-bond donors (Lipinski definition) is 0. The second-order valence-corrected chi connectivity index (χ2v) is 4.19. The molecular weight excluding hydrogens is 268 g/mol. The molecule has 0 fully saturated rings. The maximum absolute atomic E-state index is 12.1. The van der Waals surface area contributed by atoms with Gasteiger partial charge in [0.2, 0.25) is 0 Å². The number of benzene rings is 1. The summed E-state index contributed by atoms with van der Waals surface area (Å²) in [7, 11) is 0. The number of aromatic nitrogens is 2. The van der Waals surface area contributed by atoms with Crippen LogP contribution in [0.4, 0.5) is 0 Å². The van der Waals surface area contributed by atoms with Gasteiger partial charge in [-0.25, -0.2) is 9.97 Å². The third-order valence-corrected chi connectivity index (χ3v) is 3.31. The maximum atomic E-state index is 12.1. The number of halogens is 1. The zero-order valence-corrected chi connectivity index (χ0v) is 10.2. The van der Waals surface area contributed by atoms with Gasteiger partial charge in [0.1, 0.15) is 6.33 Å². The van der Waals surface area contributed by atoms with Gasteiger partial charge in [0, 0.05) is 22.4 Å². The molecule has 0 aliphatic rings. The van der Waals surface area contributed by atoms with Crippen LogP contribution in [0.25, 0.3) is 0 Å². The average Bonchev–Trinajstić information content (AvgIpc) is 2.33. The molecule has 3 nitrogen and oxygen atoms in total. The van der Waals surface area contributed by atoms with Gasteiger partial charge in [0.05, 0.1) is 5.56 Å². The second-order valence-electron chi connectivity index (χ2n) is 3.39. The van der Waals surface area contributed by atoms with E-state index >= 15 is 0 Å². The Kier molecular flexibility index (Phi) is 3.10. The Morgan fingerprint density at radius 1 is 1.25 bits per heavy atom. The van der Waals surface area contributed by atoms with E-state index < -0.39 is 0 Å². The molecule has 80 valence electrons. The lowest BCUT2D eigenvalue weighted by atomic mass is 10.0. The maximum Gasteiger partial charge on any atom is 0.197 e.